The molecule has 0 N–H and O–H groups in total. The monoisotopic (exact) mass is 293 g/mol. The van der Waals surface area contributed by atoms with E-state index in [-0.39, 0.29) is 15.4 Å². The van der Waals surface area contributed by atoms with Gasteiger partial charge in [0.15, 0.2) is 0 Å². The predicted octanol–water partition coefficient (Wildman–Crippen LogP) is 0.477. The lowest BCUT2D eigenvalue weighted by Crippen LogP contribution is -2.53. The van der Waals surface area contributed by atoms with Crippen molar-refractivity contribution in [3.05, 3.63) is 0 Å². The first-order valence-corrected chi connectivity index (χ1v) is 10.4. The number of ether oxygens (including phenoxy) is 2. The van der Waals surface area contributed by atoms with Crippen LogP contribution in [0.5, 0.6) is 0 Å². The minimum atomic E-state index is -2.02. The van der Waals surface area contributed by atoms with E-state index in [2.05, 4.69) is 4.57 Å². The molecule has 0 aromatic carbocycles. The Morgan fingerprint density at radius 1 is 1.17 bits per heavy atom. The minimum Gasteiger partial charge on any atom is -0.386 e. The molecule has 5 nitrogen and oxygen atoms in total. The molecular weight excluding hydrogens is 266 g/mol. The highest BCUT2D eigenvalue weighted by Gasteiger charge is 2.46. The summed E-state index contributed by atoms with van der Waals surface area (Å²) in [7, 11) is 4.69. The zero-order valence-corrected chi connectivity index (χ0v) is 14.5. The molecule has 0 saturated carbocycles. The average molecular weight is 294 g/mol. The van der Waals surface area contributed by atoms with E-state index >= 15 is 0 Å². The van der Waals surface area contributed by atoms with Crippen LogP contribution in [0.1, 0.15) is 12.8 Å². The highest BCUT2D eigenvalue weighted by Crippen LogP contribution is 2.27. The van der Waals surface area contributed by atoms with Crippen molar-refractivity contribution in [1.82, 2.24) is 4.57 Å². The second-order valence-corrected chi connectivity index (χ2v) is 9.93. The van der Waals surface area contributed by atoms with Crippen molar-refractivity contribution in [2.24, 2.45) is 0 Å². The summed E-state index contributed by atoms with van der Waals surface area (Å²) >= 11 is 0. The Bertz CT molecular complexity index is 225. The van der Waals surface area contributed by atoms with Gasteiger partial charge in [-0.1, -0.05) is 6.04 Å². The van der Waals surface area contributed by atoms with Gasteiger partial charge < -0.3 is 18.3 Å². The van der Waals surface area contributed by atoms with Gasteiger partial charge in [0.1, 0.15) is 5.91 Å². The van der Waals surface area contributed by atoms with Gasteiger partial charge in [0.05, 0.1) is 9.52 Å². The number of methoxy groups -OCH3 is 2. The van der Waals surface area contributed by atoms with Crippen LogP contribution in [0.15, 0.2) is 0 Å². The third kappa shape index (κ3) is 4.12. The highest BCUT2D eigenvalue weighted by atomic mass is 28.4. The van der Waals surface area contributed by atoms with Crippen LogP contribution in [0.25, 0.3) is 0 Å². The van der Waals surface area contributed by atoms with Crippen molar-refractivity contribution in [2.45, 2.75) is 30.8 Å². The zero-order chi connectivity index (χ0) is 13.4. The molecule has 1 aliphatic rings. The van der Waals surface area contributed by atoms with E-state index in [1.165, 1.54) is 18.9 Å². The normalized spacial score (nSPS) is 20.5. The van der Waals surface area contributed by atoms with Crippen LogP contribution in [-0.2, 0) is 18.3 Å². The van der Waals surface area contributed by atoms with Gasteiger partial charge in [0.25, 0.3) is 0 Å². The Morgan fingerprint density at radius 3 is 2.39 bits per heavy atom. The smallest absolute Gasteiger partial charge is 0.386 e. The molecule has 0 atom stereocenters. The van der Waals surface area contributed by atoms with E-state index in [1.807, 2.05) is 0 Å². The summed E-state index contributed by atoms with van der Waals surface area (Å²) in [6, 6.07) is 2.33. The van der Waals surface area contributed by atoms with E-state index in [4.69, 9.17) is 18.3 Å². The first-order valence-electron chi connectivity index (χ1n) is 6.63. The summed E-state index contributed by atoms with van der Waals surface area (Å²) in [5.74, 6) is 0.0652. The number of rotatable bonds is 9. The second kappa shape index (κ2) is 8.41. The molecule has 0 unspecified atom stereocenters. The summed E-state index contributed by atoms with van der Waals surface area (Å²) < 4.78 is 24.3. The highest BCUT2D eigenvalue weighted by molar-refractivity contribution is 6.65. The largest absolute Gasteiger partial charge is 0.427 e. The van der Waals surface area contributed by atoms with Gasteiger partial charge in [-0.15, -0.1) is 0 Å². The molecule has 1 rings (SSSR count). The van der Waals surface area contributed by atoms with Crippen LogP contribution in [-0.4, -0.2) is 70.2 Å². The fraction of sp³-hybridized carbons (Fsp3) is 1.00. The number of hydrogen-bond donors (Lipinski definition) is 0. The predicted molar refractivity (Wildman–Crippen MR) is 76.5 cm³/mol. The van der Waals surface area contributed by atoms with Crippen molar-refractivity contribution in [3.63, 3.8) is 0 Å². The van der Waals surface area contributed by atoms with Gasteiger partial charge in [-0.2, -0.15) is 0 Å². The Labute approximate surface area is 114 Å². The molecule has 1 aliphatic heterocycles. The molecule has 0 amide bonds. The van der Waals surface area contributed by atoms with Gasteiger partial charge in [0, 0.05) is 34.5 Å². The second-order valence-electron chi connectivity index (χ2n) is 4.61. The fourth-order valence-corrected chi connectivity index (χ4v) is 6.92. The topological polar surface area (TPSA) is 40.2 Å². The lowest BCUT2D eigenvalue weighted by Gasteiger charge is -2.32. The molecule has 0 spiro atoms. The van der Waals surface area contributed by atoms with Gasteiger partial charge in [-0.05, 0) is 25.9 Å². The molecular formula is C11H27NO4Si2. The summed E-state index contributed by atoms with van der Waals surface area (Å²) in [4.78, 5) is 0. The molecule has 1 saturated heterocycles. The maximum Gasteiger partial charge on any atom is 0.427 e. The third-order valence-electron chi connectivity index (χ3n) is 3.68. The van der Waals surface area contributed by atoms with Gasteiger partial charge >= 0.3 is 8.72 Å². The van der Waals surface area contributed by atoms with Crippen LogP contribution >= 0.6 is 0 Å². The van der Waals surface area contributed by atoms with Gasteiger partial charge in [0.2, 0.25) is 0 Å². The van der Waals surface area contributed by atoms with Gasteiger partial charge in [-0.25, -0.2) is 0 Å². The van der Waals surface area contributed by atoms with Crippen LogP contribution in [0.4, 0.5) is 0 Å². The first-order chi connectivity index (χ1) is 8.72. The lowest BCUT2D eigenvalue weighted by molar-refractivity contribution is -0.0441. The summed E-state index contributed by atoms with van der Waals surface area (Å²) in [5.41, 5.74) is 0. The lowest BCUT2D eigenvalue weighted by atomic mass is 10.4. The van der Waals surface area contributed by atoms with Crippen molar-refractivity contribution >= 4 is 18.2 Å². The molecule has 1 heterocycles. The molecule has 0 aromatic heterocycles. The fourth-order valence-electron chi connectivity index (χ4n) is 2.60. The summed E-state index contributed by atoms with van der Waals surface area (Å²) in [6.07, 6.45) is 2.39. The molecule has 18 heavy (non-hydrogen) atoms. The average Bonchev–Trinajstić information content (AvgIpc) is 2.82. The standard InChI is InChI=1S/C11H27NO4Si2/c1-13-11(14-2)17-9-5-7-12-8-6-10-18(12,15-3)16-4/h11H,5-10,17H2,1-4H3. The van der Waals surface area contributed by atoms with Crippen molar-refractivity contribution in [2.75, 3.05) is 41.5 Å². The number of nitrogens with zero attached hydrogens (tertiary/aromatic N) is 1. The molecule has 7 heteroatoms. The van der Waals surface area contributed by atoms with Gasteiger partial charge in [-0.3, -0.25) is 4.57 Å². The molecule has 108 valence electrons. The number of hydrogen-bond acceptors (Lipinski definition) is 5. The maximum atomic E-state index is 5.69. The maximum absolute atomic E-state index is 5.69. The van der Waals surface area contributed by atoms with Crippen molar-refractivity contribution in [1.29, 1.82) is 0 Å². The Hall–Kier alpha value is 0.234. The van der Waals surface area contributed by atoms with E-state index in [1.54, 1.807) is 28.4 Å². The first kappa shape index (κ1) is 16.3. The third-order valence-corrected chi connectivity index (χ3v) is 9.40. The Balaban J connectivity index is 2.26. The molecule has 0 aliphatic carbocycles. The zero-order valence-electron chi connectivity index (χ0n) is 12.1. The Kier molecular flexibility index (Phi) is 7.61. The van der Waals surface area contributed by atoms with Crippen LogP contribution in [0.3, 0.4) is 0 Å². The molecule has 1 fully saturated rings. The van der Waals surface area contributed by atoms with Crippen LogP contribution < -0.4 is 0 Å². The quantitative estimate of drug-likeness (QED) is 0.351. The van der Waals surface area contributed by atoms with Crippen LogP contribution in [0, 0.1) is 0 Å². The van der Waals surface area contributed by atoms with E-state index in [0.29, 0.717) is 0 Å². The van der Waals surface area contributed by atoms with Crippen molar-refractivity contribution < 1.29 is 18.3 Å². The molecule has 0 bridgehead atoms. The van der Waals surface area contributed by atoms with Crippen molar-refractivity contribution in [3.8, 4) is 0 Å². The Morgan fingerprint density at radius 2 is 1.83 bits per heavy atom. The molecule has 0 aromatic rings. The summed E-state index contributed by atoms with van der Waals surface area (Å²) in [5, 5.41) is 0. The summed E-state index contributed by atoms with van der Waals surface area (Å²) in [6.45, 7) is 2.20. The SMILES string of the molecule is COC(OC)[SiH2]CCCN1CCC[Si]1(OC)OC. The van der Waals surface area contributed by atoms with E-state index < -0.39 is 8.72 Å². The van der Waals surface area contributed by atoms with E-state index in [0.717, 1.165) is 19.1 Å². The molecule has 0 radical (unpaired) electrons. The van der Waals surface area contributed by atoms with Crippen LogP contribution in [0.2, 0.25) is 12.1 Å². The minimum absolute atomic E-state index is 0.0652. The van der Waals surface area contributed by atoms with E-state index in [9.17, 15) is 0 Å².